The number of carbonyl (C=O) groups is 1. The molecule has 1 aromatic heterocycles. The summed E-state index contributed by atoms with van der Waals surface area (Å²) < 4.78 is 0. The van der Waals surface area contributed by atoms with Crippen LogP contribution in [0.3, 0.4) is 0 Å². The quantitative estimate of drug-likeness (QED) is 0.715. The maximum Gasteiger partial charge on any atom is 0.135 e. The number of carbonyl (C=O) groups excluding carboxylic acids is 1. The van der Waals surface area contributed by atoms with E-state index >= 15 is 0 Å². The average molecular weight is 196 g/mol. The van der Waals surface area contributed by atoms with Gasteiger partial charge in [-0.1, -0.05) is 0 Å². The molecule has 0 N–H and O–H groups in total. The number of likely N-dealkylation sites (tertiary alicyclic amines) is 1. The molecule has 0 spiro atoms. The Labute approximate surface area is 81.4 Å². The predicted octanol–water partition coefficient (Wildman–Crippen LogP) is 1.31. The van der Waals surface area contributed by atoms with Crippen molar-refractivity contribution < 1.29 is 4.79 Å². The summed E-state index contributed by atoms with van der Waals surface area (Å²) >= 11 is 1.68. The lowest BCUT2D eigenvalue weighted by molar-refractivity contribution is -0.121. The molecule has 0 bridgehead atoms. The Morgan fingerprint density at radius 3 is 2.85 bits per heavy atom. The Morgan fingerprint density at radius 2 is 2.23 bits per heavy atom. The van der Waals surface area contributed by atoms with Crippen LogP contribution in [0.5, 0.6) is 0 Å². The maximum absolute atomic E-state index is 11.0. The molecule has 1 saturated heterocycles. The lowest BCUT2D eigenvalue weighted by atomic mass is 10.1. The van der Waals surface area contributed by atoms with E-state index in [1.807, 2.05) is 11.6 Å². The molecule has 70 valence electrons. The molecule has 2 rings (SSSR count). The van der Waals surface area contributed by atoms with Gasteiger partial charge in [0.1, 0.15) is 10.8 Å². The fourth-order valence-corrected chi connectivity index (χ4v) is 2.14. The normalized spacial score (nSPS) is 19.2. The maximum atomic E-state index is 11.0. The number of aromatic nitrogens is 1. The summed E-state index contributed by atoms with van der Waals surface area (Å²) in [5.74, 6) is 0.399. The van der Waals surface area contributed by atoms with Crippen molar-refractivity contribution in [1.82, 2.24) is 9.88 Å². The van der Waals surface area contributed by atoms with Crippen LogP contribution < -0.4 is 0 Å². The zero-order valence-corrected chi connectivity index (χ0v) is 8.22. The van der Waals surface area contributed by atoms with Crippen molar-refractivity contribution in [2.75, 3.05) is 13.1 Å². The number of nitrogens with zero attached hydrogens (tertiary/aromatic N) is 2. The Balaban J connectivity index is 1.86. The van der Waals surface area contributed by atoms with Gasteiger partial charge in [-0.2, -0.15) is 0 Å². The zero-order valence-electron chi connectivity index (χ0n) is 7.40. The molecule has 1 aromatic rings. The van der Waals surface area contributed by atoms with E-state index < -0.39 is 0 Å². The number of thiazole rings is 1. The van der Waals surface area contributed by atoms with E-state index in [4.69, 9.17) is 0 Å². The molecule has 4 heteroatoms. The Bertz CT molecular complexity index is 274. The molecule has 2 heterocycles. The van der Waals surface area contributed by atoms with Crippen LogP contribution in [0, 0.1) is 0 Å². The van der Waals surface area contributed by atoms with Crippen molar-refractivity contribution in [2.45, 2.75) is 19.4 Å². The highest BCUT2D eigenvalue weighted by atomic mass is 32.1. The van der Waals surface area contributed by atoms with E-state index in [1.54, 1.807) is 11.3 Å². The predicted molar refractivity (Wildman–Crippen MR) is 51.6 cm³/mol. The van der Waals surface area contributed by atoms with Gasteiger partial charge in [0.05, 0.1) is 6.54 Å². The second-order valence-corrected chi connectivity index (χ2v) is 4.22. The SMILES string of the molecule is O=C1CCN(Cc2nccs2)CC1. The summed E-state index contributed by atoms with van der Waals surface area (Å²) in [6.07, 6.45) is 3.26. The summed E-state index contributed by atoms with van der Waals surface area (Å²) in [6, 6.07) is 0. The van der Waals surface area contributed by atoms with Crippen LogP contribution in [0.15, 0.2) is 11.6 Å². The van der Waals surface area contributed by atoms with Crippen LogP contribution in [0.25, 0.3) is 0 Å². The van der Waals surface area contributed by atoms with Crippen LogP contribution >= 0.6 is 11.3 Å². The first-order valence-corrected chi connectivity index (χ1v) is 5.35. The molecule has 1 aliphatic heterocycles. The molecule has 0 atom stereocenters. The van der Waals surface area contributed by atoms with Crippen LogP contribution in [-0.4, -0.2) is 28.8 Å². The fraction of sp³-hybridized carbons (Fsp3) is 0.556. The Kier molecular flexibility index (Phi) is 2.71. The smallest absolute Gasteiger partial charge is 0.135 e. The average Bonchev–Trinajstić information content (AvgIpc) is 2.62. The minimum absolute atomic E-state index is 0.399. The summed E-state index contributed by atoms with van der Waals surface area (Å²) in [5.41, 5.74) is 0. The number of ketones is 1. The third kappa shape index (κ3) is 2.35. The van der Waals surface area contributed by atoms with Crippen molar-refractivity contribution in [2.24, 2.45) is 0 Å². The minimum atomic E-state index is 0.399. The summed E-state index contributed by atoms with van der Waals surface area (Å²) in [4.78, 5) is 17.5. The molecule has 13 heavy (non-hydrogen) atoms. The molecule has 0 amide bonds. The molecule has 1 fully saturated rings. The lowest BCUT2D eigenvalue weighted by Crippen LogP contribution is -2.33. The van der Waals surface area contributed by atoms with Gasteiger partial charge in [0.2, 0.25) is 0 Å². The number of piperidine rings is 1. The molecule has 0 unspecified atom stereocenters. The monoisotopic (exact) mass is 196 g/mol. The number of hydrogen-bond donors (Lipinski definition) is 0. The Morgan fingerprint density at radius 1 is 1.46 bits per heavy atom. The van der Waals surface area contributed by atoms with Gasteiger partial charge in [0.25, 0.3) is 0 Å². The van der Waals surface area contributed by atoms with Gasteiger partial charge in [-0.15, -0.1) is 11.3 Å². The first kappa shape index (κ1) is 8.84. The van der Waals surface area contributed by atoms with Crippen molar-refractivity contribution in [3.8, 4) is 0 Å². The first-order valence-electron chi connectivity index (χ1n) is 4.47. The third-order valence-electron chi connectivity index (χ3n) is 2.26. The van der Waals surface area contributed by atoms with Crippen LogP contribution in [0.1, 0.15) is 17.8 Å². The molecular weight excluding hydrogens is 184 g/mol. The highest BCUT2D eigenvalue weighted by molar-refractivity contribution is 7.09. The summed E-state index contributed by atoms with van der Waals surface area (Å²) in [5, 5.41) is 3.14. The standard InChI is InChI=1S/C9H12N2OS/c12-8-1-4-11(5-2-8)7-9-10-3-6-13-9/h3,6H,1-2,4-5,7H2. The molecule has 1 aliphatic rings. The highest BCUT2D eigenvalue weighted by Crippen LogP contribution is 2.12. The minimum Gasteiger partial charge on any atom is -0.300 e. The van der Waals surface area contributed by atoms with Gasteiger partial charge in [-0.3, -0.25) is 9.69 Å². The summed E-state index contributed by atoms with van der Waals surface area (Å²) in [7, 11) is 0. The van der Waals surface area contributed by atoms with Crippen LogP contribution in [0.4, 0.5) is 0 Å². The van der Waals surface area contributed by atoms with Crippen molar-refractivity contribution in [3.05, 3.63) is 16.6 Å². The molecule has 0 saturated carbocycles. The van der Waals surface area contributed by atoms with Gasteiger partial charge >= 0.3 is 0 Å². The summed E-state index contributed by atoms with van der Waals surface area (Å²) in [6.45, 7) is 2.71. The molecule has 0 aliphatic carbocycles. The second-order valence-electron chi connectivity index (χ2n) is 3.24. The van der Waals surface area contributed by atoms with E-state index in [9.17, 15) is 4.79 Å². The van der Waals surface area contributed by atoms with Crippen LogP contribution in [0.2, 0.25) is 0 Å². The topological polar surface area (TPSA) is 33.2 Å². The largest absolute Gasteiger partial charge is 0.300 e. The van der Waals surface area contributed by atoms with E-state index in [0.717, 1.165) is 24.6 Å². The number of hydrogen-bond acceptors (Lipinski definition) is 4. The molecule has 0 aromatic carbocycles. The van der Waals surface area contributed by atoms with Crippen molar-refractivity contribution in [3.63, 3.8) is 0 Å². The van der Waals surface area contributed by atoms with E-state index in [0.29, 0.717) is 18.6 Å². The molecule has 3 nitrogen and oxygen atoms in total. The second kappa shape index (κ2) is 3.98. The van der Waals surface area contributed by atoms with Gasteiger partial charge in [-0.05, 0) is 0 Å². The van der Waals surface area contributed by atoms with Gasteiger partial charge in [0, 0.05) is 37.5 Å². The first-order chi connectivity index (χ1) is 6.34. The Hall–Kier alpha value is -0.740. The van der Waals surface area contributed by atoms with E-state index in [1.165, 1.54) is 0 Å². The number of rotatable bonds is 2. The van der Waals surface area contributed by atoms with E-state index in [-0.39, 0.29) is 0 Å². The van der Waals surface area contributed by atoms with Gasteiger partial charge in [0.15, 0.2) is 0 Å². The van der Waals surface area contributed by atoms with E-state index in [2.05, 4.69) is 9.88 Å². The van der Waals surface area contributed by atoms with Crippen molar-refractivity contribution in [1.29, 1.82) is 0 Å². The van der Waals surface area contributed by atoms with Gasteiger partial charge in [-0.25, -0.2) is 4.98 Å². The molecular formula is C9H12N2OS. The highest BCUT2D eigenvalue weighted by Gasteiger charge is 2.16. The third-order valence-corrected chi connectivity index (χ3v) is 3.02. The van der Waals surface area contributed by atoms with Crippen LogP contribution in [-0.2, 0) is 11.3 Å². The fourth-order valence-electron chi connectivity index (χ4n) is 1.48. The number of Topliss-reactive ketones (excluding diaryl/α,β-unsaturated/α-hetero) is 1. The van der Waals surface area contributed by atoms with Gasteiger partial charge < -0.3 is 0 Å². The van der Waals surface area contributed by atoms with Crippen molar-refractivity contribution >= 4 is 17.1 Å². The molecule has 0 radical (unpaired) electrons. The zero-order chi connectivity index (χ0) is 9.10. The lowest BCUT2D eigenvalue weighted by Gasteiger charge is -2.24.